The standard InChI is InChI=1S/2C14H11.2CH3.Zr/c2*1-10-8-12-7-6-11-4-2-3-5-13(11)14(12)9-10;;;/h2*2-9H,1H3;2*1H3;/q4*-1;+4. The Morgan fingerprint density at radius 3 is 1.29 bits per heavy atom. The summed E-state index contributed by atoms with van der Waals surface area (Å²) in [4.78, 5) is 0. The predicted molar refractivity (Wildman–Crippen MR) is 136 cm³/mol. The molecule has 0 aliphatic heterocycles. The summed E-state index contributed by atoms with van der Waals surface area (Å²) in [5.74, 6) is 0. The maximum absolute atomic E-state index is 2.26. The van der Waals surface area contributed by atoms with E-state index in [0.29, 0.717) is 0 Å². The molecule has 0 spiro atoms. The van der Waals surface area contributed by atoms with Gasteiger partial charge in [0, 0.05) is 0 Å². The largest absolute Gasteiger partial charge is 4.00 e. The van der Waals surface area contributed by atoms with Crippen LogP contribution in [-0.4, -0.2) is 0 Å². The third-order valence-electron chi connectivity index (χ3n) is 5.52. The van der Waals surface area contributed by atoms with Crippen LogP contribution in [0.25, 0.3) is 43.1 Å². The van der Waals surface area contributed by atoms with Gasteiger partial charge < -0.3 is 14.9 Å². The minimum Gasteiger partial charge on any atom is -0.358 e. The van der Waals surface area contributed by atoms with Crippen LogP contribution in [0.3, 0.4) is 0 Å². The van der Waals surface area contributed by atoms with Gasteiger partial charge in [0.2, 0.25) is 0 Å². The first kappa shape index (κ1) is 24.8. The van der Waals surface area contributed by atoms with E-state index in [4.69, 9.17) is 0 Å². The molecule has 31 heavy (non-hydrogen) atoms. The smallest absolute Gasteiger partial charge is 0.358 e. The molecule has 6 aromatic carbocycles. The molecule has 152 valence electrons. The van der Waals surface area contributed by atoms with Crippen molar-refractivity contribution >= 4 is 43.1 Å². The first-order valence-electron chi connectivity index (χ1n) is 9.79. The van der Waals surface area contributed by atoms with Crippen molar-refractivity contribution in [1.82, 2.24) is 0 Å². The summed E-state index contributed by atoms with van der Waals surface area (Å²) >= 11 is 0. The number of fused-ring (bicyclic) bond motifs is 6. The number of rotatable bonds is 0. The van der Waals surface area contributed by atoms with Gasteiger partial charge in [0.05, 0.1) is 0 Å². The molecule has 0 amide bonds. The third-order valence-corrected chi connectivity index (χ3v) is 5.52. The van der Waals surface area contributed by atoms with E-state index in [0.717, 1.165) is 0 Å². The fourth-order valence-electron chi connectivity index (χ4n) is 4.23. The van der Waals surface area contributed by atoms with Crippen molar-refractivity contribution in [2.75, 3.05) is 0 Å². The van der Waals surface area contributed by atoms with Crippen molar-refractivity contribution in [3.05, 3.63) is 123 Å². The van der Waals surface area contributed by atoms with Gasteiger partial charge in [0.1, 0.15) is 0 Å². The van der Waals surface area contributed by atoms with E-state index in [1.807, 2.05) is 0 Å². The Morgan fingerprint density at radius 1 is 0.484 bits per heavy atom. The Balaban J connectivity index is 0.000000201. The minimum atomic E-state index is 0. The van der Waals surface area contributed by atoms with Crippen LogP contribution in [0, 0.1) is 28.7 Å². The first-order chi connectivity index (χ1) is 13.7. The van der Waals surface area contributed by atoms with Crippen molar-refractivity contribution in [3.63, 3.8) is 0 Å². The Kier molecular flexibility index (Phi) is 8.16. The molecule has 0 saturated heterocycles. The Labute approximate surface area is 205 Å². The molecule has 0 radical (unpaired) electrons. The third kappa shape index (κ3) is 4.73. The monoisotopic (exact) mass is 478 g/mol. The molecular formula is C30H28Zr. The van der Waals surface area contributed by atoms with Gasteiger partial charge in [-0.15, -0.1) is 56.9 Å². The summed E-state index contributed by atoms with van der Waals surface area (Å²) in [6, 6.07) is 34.9. The molecule has 0 aliphatic rings. The summed E-state index contributed by atoms with van der Waals surface area (Å²) in [5.41, 5.74) is 2.69. The summed E-state index contributed by atoms with van der Waals surface area (Å²) in [6.45, 7) is 4.30. The summed E-state index contributed by atoms with van der Waals surface area (Å²) in [7, 11) is 0. The van der Waals surface area contributed by atoms with Crippen LogP contribution in [0.4, 0.5) is 0 Å². The predicted octanol–water partition coefficient (Wildman–Crippen LogP) is 8.94. The van der Waals surface area contributed by atoms with Crippen molar-refractivity contribution in [1.29, 1.82) is 0 Å². The summed E-state index contributed by atoms with van der Waals surface area (Å²) < 4.78 is 0. The van der Waals surface area contributed by atoms with Gasteiger partial charge in [0.15, 0.2) is 0 Å². The Bertz CT molecular complexity index is 1320. The van der Waals surface area contributed by atoms with Crippen LogP contribution in [0.15, 0.2) is 97.1 Å². The fourth-order valence-corrected chi connectivity index (χ4v) is 4.23. The minimum absolute atomic E-state index is 0. The van der Waals surface area contributed by atoms with Crippen molar-refractivity contribution < 1.29 is 26.2 Å². The van der Waals surface area contributed by atoms with Gasteiger partial charge in [-0.3, -0.25) is 0 Å². The van der Waals surface area contributed by atoms with Crippen LogP contribution in [-0.2, 0) is 26.2 Å². The topological polar surface area (TPSA) is 0 Å². The second-order valence-corrected chi connectivity index (χ2v) is 7.64. The van der Waals surface area contributed by atoms with Crippen LogP contribution in [0.5, 0.6) is 0 Å². The molecule has 0 bridgehead atoms. The van der Waals surface area contributed by atoms with Crippen LogP contribution < -0.4 is 0 Å². The van der Waals surface area contributed by atoms with Gasteiger partial charge in [-0.25, -0.2) is 0 Å². The molecule has 0 fully saturated rings. The van der Waals surface area contributed by atoms with Crippen LogP contribution in [0.1, 0.15) is 11.1 Å². The zero-order valence-corrected chi connectivity index (χ0v) is 21.2. The van der Waals surface area contributed by atoms with Crippen molar-refractivity contribution in [3.8, 4) is 0 Å². The second kappa shape index (κ2) is 10.2. The fraction of sp³-hybridized carbons (Fsp3) is 0.0667. The van der Waals surface area contributed by atoms with E-state index in [-0.39, 0.29) is 41.1 Å². The average molecular weight is 480 g/mol. The van der Waals surface area contributed by atoms with E-state index >= 15 is 0 Å². The molecule has 0 aromatic heterocycles. The van der Waals surface area contributed by atoms with Gasteiger partial charge >= 0.3 is 26.2 Å². The van der Waals surface area contributed by atoms with Gasteiger partial charge in [-0.1, -0.05) is 85.3 Å². The molecule has 0 atom stereocenters. The van der Waals surface area contributed by atoms with Crippen LogP contribution in [0.2, 0.25) is 0 Å². The molecule has 0 heterocycles. The molecule has 6 rings (SSSR count). The van der Waals surface area contributed by atoms with Crippen LogP contribution >= 0.6 is 0 Å². The Morgan fingerprint density at radius 2 is 0.871 bits per heavy atom. The maximum Gasteiger partial charge on any atom is 4.00 e. The molecule has 1 heteroatoms. The Hall–Kier alpha value is -2.50. The first-order valence-corrected chi connectivity index (χ1v) is 9.79. The van der Waals surface area contributed by atoms with E-state index in [1.165, 1.54) is 54.2 Å². The molecule has 0 N–H and O–H groups in total. The molecule has 0 unspecified atom stereocenters. The molecule has 0 nitrogen and oxygen atoms in total. The van der Waals surface area contributed by atoms with Crippen molar-refractivity contribution in [2.45, 2.75) is 13.8 Å². The average Bonchev–Trinajstić information content (AvgIpc) is 3.30. The molecule has 0 saturated carbocycles. The van der Waals surface area contributed by atoms with Crippen molar-refractivity contribution in [2.24, 2.45) is 0 Å². The number of benzene rings is 4. The zero-order valence-electron chi connectivity index (χ0n) is 18.7. The molecular weight excluding hydrogens is 452 g/mol. The van der Waals surface area contributed by atoms with Gasteiger partial charge in [-0.2, -0.15) is 12.1 Å². The quantitative estimate of drug-likeness (QED) is 0.191. The number of hydrogen-bond donors (Lipinski definition) is 0. The maximum atomic E-state index is 2.26. The van der Waals surface area contributed by atoms with E-state index < -0.39 is 0 Å². The number of hydrogen-bond acceptors (Lipinski definition) is 0. The van der Waals surface area contributed by atoms with E-state index in [1.54, 1.807) is 0 Å². The van der Waals surface area contributed by atoms with Gasteiger partial charge in [-0.05, 0) is 10.8 Å². The second-order valence-electron chi connectivity index (χ2n) is 7.64. The van der Waals surface area contributed by atoms with E-state index in [2.05, 4.69) is 111 Å². The summed E-state index contributed by atoms with van der Waals surface area (Å²) in [5, 5.41) is 10.8. The molecule has 0 aliphatic carbocycles. The normalized spacial score (nSPS) is 10.1. The SMILES string of the molecule is Cc1cc2c(ccc3ccccc32)[cH-]1.Cc1cc2c(ccc3ccccc32)[cH-]1.[CH3-].[CH3-].[Zr+4]. The van der Waals surface area contributed by atoms with Gasteiger partial charge in [0.25, 0.3) is 0 Å². The summed E-state index contributed by atoms with van der Waals surface area (Å²) in [6.07, 6.45) is 0. The molecule has 6 aromatic rings. The van der Waals surface area contributed by atoms with E-state index in [9.17, 15) is 0 Å². The number of aryl methyl sites for hydroxylation is 2. The zero-order chi connectivity index (χ0) is 19.1.